The summed E-state index contributed by atoms with van der Waals surface area (Å²) < 4.78 is 10.9. The molecule has 4 amide bonds. The summed E-state index contributed by atoms with van der Waals surface area (Å²) in [6.45, 7) is 6.84. The van der Waals surface area contributed by atoms with Crippen LogP contribution >= 0.6 is 0 Å². The van der Waals surface area contributed by atoms with E-state index in [1.165, 1.54) is 0 Å². The summed E-state index contributed by atoms with van der Waals surface area (Å²) in [6, 6.07) is 22.0. The van der Waals surface area contributed by atoms with Gasteiger partial charge in [-0.15, -0.1) is 0 Å². The van der Waals surface area contributed by atoms with Crippen LogP contribution in [0.3, 0.4) is 0 Å². The number of carbonyl (C=O) groups is 3. The lowest BCUT2D eigenvalue weighted by Crippen LogP contribution is -2.48. The van der Waals surface area contributed by atoms with Crippen LogP contribution in [0, 0.1) is 0 Å². The first-order chi connectivity index (χ1) is 19.4. The number of nitrogens with zero attached hydrogens (tertiary/aromatic N) is 1. The lowest BCUT2D eigenvalue weighted by molar-refractivity contribution is -0.138. The zero-order valence-electron chi connectivity index (χ0n) is 22.9. The molecular formula is C31H34N4O5. The Kier molecular flexibility index (Phi) is 9.40. The number of anilines is 2. The molecule has 1 aliphatic rings. The highest BCUT2D eigenvalue weighted by Crippen LogP contribution is 2.37. The molecule has 1 unspecified atom stereocenters. The molecule has 0 aromatic heterocycles. The van der Waals surface area contributed by atoms with Crippen molar-refractivity contribution in [3.05, 3.63) is 95.6 Å². The highest BCUT2D eigenvalue weighted by Gasteiger charge is 2.38. The Morgan fingerprint density at radius 1 is 0.850 bits per heavy atom. The summed E-state index contributed by atoms with van der Waals surface area (Å²) >= 11 is 0. The molecule has 0 bridgehead atoms. The van der Waals surface area contributed by atoms with Crippen molar-refractivity contribution in [3.8, 4) is 5.75 Å². The monoisotopic (exact) mass is 542 g/mol. The Labute approximate surface area is 234 Å². The standard InChI is InChI=1S/C31H34N4O5/c1-4-20-35-28(22-10-8-7-9-11-22)26(29(36)40-6-3)27(34-31(35)38)21-12-14-23(15-13-21)32-30(37)33-24-16-18-25(19-17-24)39-5-2/h7-19,27H,4-6,20H2,1-3H3,(H,34,38)(H2,32,33,37). The van der Waals surface area contributed by atoms with Crippen LogP contribution in [0.4, 0.5) is 21.0 Å². The minimum absolute atomic E-state index is 0.200. The molecule has 0 aliphatic carbocycles. The molecule has 40 heavy (non-hydrogen) atoms. The summed E-state index contributed by atoms with van der Waals surface area (Å²) in [5, 5.41) is 8.57. The number of esters is 1. The predicted molar refractivity (Wildman–Crippen MR) is 155 cm³/mol. The van der Waals surface area contributed by atoms with E-state index in [-0.39, 0.29) is 12.6 Å². The Morgan fingerprint density at radius 3 is 2.05 bits per heavy atom. The van der Waals surface area contributed by atoms with Crippen molar-refractivity contribution in [1.29, 1.82) is 0 Å². The third-order valence-electron chi connectivity index (χ3n) is 6.24. The third kappa shape index (κ3) is 6.61. The molecule has 3 aromatic carbocycles. The molecule has 0 saturated carbocycles. The van der Waals surface area contributed by atoms with E-state index < -0.39 is 18.0 Å². The van der Waals surface area contributed by atoms with Gasteiger partial charge in [-0.3, -0.25) is 4.90 Å². The van der Waals surface area contributed by atoms with Gasteiger partial charge in [0.1, 0.15) is 5.75 Å². The van der Waals surface area contributed by atoms with E-state index in [0.717, 1.165) is 11.3 Å². The molecule has 9 heteroatoms. The summed E-state index contributed by atoms with van der Waals surface area (Å²) in [6.07, 6.45) is 0.712. The fraction of sp³-hybridized carbons (Fsp3) is 0.258. The second kappa shape index (κ2) is 13.3. The van der Waals surface area contributed by atoms with Crippen molar-refractivity contribution in [2.45, 2.75) is 33.2 Å². The van der Waals surface area contributed by atoms with E-state index in [4.69, 9.17) is 9.47 Å². The normalized spacial score (nSPS) is 14.8. The number of benzene rings is 3. The topological polar surface area (TPSA) is 109 Å². The number of urea groups is 2. The lowest BCUT2D eigenvalue weighted by atomic mass is 9.91. The maximum Gasteiger partial charge on any atom is 0.338 e. The lowest BCUT2D eigenvalue weighted by Gasteiger charge is -2.36. The molecule has 0 spiro atoms. The number of hydrogen-bond donors (Lipinski definition) is 3. The van der Waals surface area contributed by atoms with Crippen molar-refractivity contribution in [2.75, 3.05) is 30.4 Å². The van der Waals surface area contributed by atoms with Gasteiger partial charge in [-0.1, -0.05) is 49.4 Å². The van der Waals surface area contributed by atoms with Crippen LogP contribution in [0.15, 0.2) is 84.4 Å². The van der Waals surface area contributed by atoms with Crippen LogP contribution in [0.2, 0.25) is 0 Å². The van der Waals surface area contributed by atoms with Gasteiger partial charge in [-0.2, -0.15) is 0 Å². The van der Waals surface area contributed by atoms with Crippen molar-refractivity contribution in [2.24, 2.45) is 0 Å². The average Bonchev–Trinajstić information content (AvgIpc) is 2.96. The second-order valence-corrected chi connectivity index (χ2v) is 9.04. The molecule has 9 nitrogen and oxygen atoms in total. The molecule has 0 radical (unpaired) electrons. The highest BCUT2D eigenvalue weighted by molar-refractivity contribution is 6.05. The summed E-state index contributed by atoms with van der Waals surface area (Å²) in [5.41, 5.74) is 3.49. The minimum atomic E-state index is -0.735. The van der Waals surface area contributed by atoms with Gasteiger partial charge in [-0.05, 0) is 67.8 Å². The quantitative estimate of drug-likeness (QED) is 0.265. The number of ether oxygens (including phenoxy) is 2. The number of amides is 4. The van der Waals surface area contributed by atoms with E-state index in [9.17, 15) is 14.4 Å². The first kappa shape index (κ1) is 28.2. The van der Waals surface area contributed by atoms with E-state index in [0.29, 0.717) is 47.8 Å². The van der Waals surface area contributed by atoms with Gasteiger partial charge in [0.05, 0.1) is 30.5 Å². The number of rotatable bonds is 10. The molecular weight excluding hydrogens is 508 g/mol. The Bertz CT molecular complexity index is 1350. The summed E-state index contributed by atoms with van der Waals surface area (Å²) in [5.74, 6) is 0.229. The van der Waals surface area contributed by atoms with Crippen LogP contribution < -0.4 is 20.7 Å². The predicted octanol–water partition coefficient (Wildman–Crippen LogP) is 6.18. The second-order valence-electron chi connectivity index (χ2n) is 9.04. The SMILES string of the molecule is CCCN1C(=O)NC(c2ccc(NC(=O)Nc3ccc(OCC)cc3)cc2)C(C(=O)OCC)=C1c1ccccc1. The molecule has 0 saturated heterocycles. The van der Waals surface area contributed by atoms with Crippen molar-refractivity contribution < 1.29 is 23.9 Å². The van der Waals surface area contributed by atoms with Gasteiger partial charge in [0.15, 0.2) is 0 Å². The third-order valence-corrected chi connectivity index (χ3v) is 6.24. The van der Waals surface area contributed by atoms with E-state index >= 15 is 0 Å². The Hall–Kier alpha value is -4.79. The largest absolute Gasteiger partial charge is 0.494 e. The van der Waals surface area contributed by atoms with Crippen LogP contribution in [0.1, 0.15) is 44.4 Å². The van der Waals surface area contributed by atoms with Crippen LogP contribution in [0.5, 0.6) is 5.75 Å². The van der Waals surface area contributed by atoms with Crippen LogP contribution in [-0.2, 0) is 9.53 Å². The van der Waals surface area contributed by atoms with Gasteiger partial charge in [-0.25, -0.2) is 14.4 Å². The minimum Gasteiger partial charge on any atom is -0.494 e. The van der Waals surface area contributed by atoms with Crippen molar-refractivity contribution >= 4 is 35.1 Å². The number of hydrogen-bond acceptors (Lipinski definition) is 5. The molecule has 0 fully saturated rings. The summed E-state index contributed by atoms with van der Waals surface area (Å²) in [7, 11) is 0. The zero-order chi connectivity index (χ0) is 28.5. The smallest absolute Gasteiger partial charge is 0.338 e. The maximum atomic E-state index is 13.3. The van der Waals surface area contributed by atoms with Crippen molar-refractivity contribution in [3.63, 3.8) is 0 Å². The molecule has 3 N–H and O–H groups in total. The molecule has 1 heterocycles. The van der Waals surface area contributed by atoms with E-state index in [2.05, 4.69) is 16.0 Å². The average molecular weight is 543 g/mol. The zero-order valence-corrected chi connectivity index (χ0v) is 22.9. The van der Waals surface area contributed by atoms with Gasteiger partial charge in [0.2, 0.25) is 0 Å². The van der Waals surface area contributed by atoms with Crippen LogP contribution in [-0.4, -0.2) is 42.7 Å². The van der Waals surface area contributed by atoms with Gasteiger partial charge in [0.25, 0.3) is 0 Å². The Balaban J connectivity index is 1.60. The van der Waals surface area contributed by atoms with E-state index in [1.807, 2.05) is 44.2 Å². The molecule has 208 valence electrons. The summed E-state index contributed by atoms with van der Waals surface area (Å²) in [4.78, 5) is 40.8. The van der Waals surface area contributed by atoms with Crippen LogP contribution in [0.25, 0.3) is 5.70 Å². The first-order valence-electron chi connectivity index (χ1n) is 13.4. The molecule has 3 aromatic rings. The number of carbonyl (C=O) groups excluding carboxylic acids is 3. The molecule has 1 atom stereocenters. The van der Waals surface area contributed by atoms with Gasteiger partial charge >= 0.3 is 18.0 Å². The van der Waals surface area contributed by atoms with Gasteiger partial charge < -0.3 is 25.4 Å². The fourth-order valence-electron chi connectivity index (χ4n) is 4.53. The van der Waals surface area contributed by atoms with Gasteiger partial charge in [0, 0.05) is 17.9 Å². The van der Waals surface area contributed by atoms with E-state index in [1.54, 1.807) is 60.4 Å². The van der Waals surface area contributed by atoms with Crippen molar-refractivity contribution in [1.82, 2.24) is 10.2 Å². The molecule has 4 rings (SSSR count). The highest BCUT2D eigenvalue weighted by atomic mass is 16.5. The molecule has 1 aliphatic heterocycles. The number of nitrogens with one attached hydrogen (secondary N) is 3. The first-order valence-corrected chi connectivity index (χ1v) is 13.4. The Morgan fingerprint density at radius 2 is 1.48 bits per heavy atom. The fourth-order valence-corrected chi connectivity index (χ4v) is 4.53. The maximum absolute atomic E-state index is 13.3.